The summed E-state index contributed by atoms with van der Waals surface area (Å²) in [6, 6.07) is 0. The number of aromatic nitrogens is 4. The van der Waals surface area contributed by atoms with Crippen LogP contribution in [0.3, 0.4) is 0 Å². The molecule has 3 rings (SSSR count). The molecule has 1 fully saturated rings. The quantitative estimate of drug-likeness (QED) is 0.764. The number of imidazole rings is 1. The van der Waals surface area contributed by atoms with Gasteiger partial charge < -0.3 is 9.84 Å². The average molecular weight is 348 g/mol. The van der Waals surface area contributed by atoms with E-state index >= 15 is 0 Å². The van der Waals surface area contributed by atoms with Crippen molar-refractivity contribution in [2.75, 3.05) is 20.2 Å². The monoisotopic (exact) mass is 348 g/mol. The van der Waals surface area contributed by atoms with Crippen molar-refractivity contribution >= 4 is 17.3 Å². The van der Waals surface area contributed by atoms with Crippen LogP contribution in [0.1, 0.15) is 32.6 Å². The zero-order chi connectivity index (χ0) is 17.9. The number of unbranched alkanes of at least 4 members (excludes halogenated alkanes) is 2. The van der Waals surface area contributed by atoms with Gasteiger partial charge in [0, 0.05) is 20.2 Å². The molecule has 2 aromatic rings. The van der Waals surface area contributed by atoms with Gasteiger partial charge in [0.15, 0.2) is 17.5 Å². The molecule has 2 N–H and O–H groups in total. The highest BCUT2D eigenvalue weighted by atomic mass is 16.5. The van der Waals surface area contributed by atoms with Crippen LogP contribution in [0, 0.1) is 0 Å². The first kappa shape index (κ1) is 17.6. The Morgan fingerprint density at radius 3 is 3.04 bits per heavy atom. The topological polar surface area (TPSA) is 105 Å². The van der Waals surface area contributed by atoms with Crippen molar-refractivity contribution in [2.24, 2.45) is 0 Å². The Morgan fingerprint density at radius 2 is 2.32 bits per heavy atom. The largest absolute Gasteiger partial charge is 0.465 e. The van der Waals surface area contributed by atoms with Crippen LogP contribution in [0.15, 0.2) is 18.9 Å². The number of carboxylic acid groups (broad SMARTS) is 1. The van der Waals surface area contributed by atoms with Crippen LogP contribution in [0.5, 0.6) is 0 Å². The Morgan fingerprint density at radius 1 is 1.48 bits per heavy atom. The third-order valence-electron chi connectivity index (χ3n) is 4.80. The molecule has 1 amide bonds. The number of methoxy groups -OCH3 is 1. The Balaban J connectivity index is 2.17. The maximum Gasteiger partial charge on any atom is 0.409 e. The SMILES string of the molecule is CCCCCC1(n2cnc3cncnc32)C(OC)NCCN1C(=O)O. The predicted octanol–water partition coefficient (Wildman–Crippen LogP) is 1.62. The molecule has 1 aliphatic rings. The van der Waals surface area contributed by atoms with Crippen LogP contribution in [-0.2, 0) is 10.4 Å². The van der Waals surface area contributed by atoms with Crippen molar-refractivity contribution < 1.29 is 14.6 Å². The molecule has 2 unspecified atom stereocenters. The number of rotatable bonds is 6. The Hall–Kier alpha value is -2.26. The lowest BCUT2D eigenvalue weighted by molar-refractivity contribution is -0.131. The summed E-state index contributed by atoms with van der Waals surface area (Å²) >= 11 is 0. The molecule has 0 aromatic carbocycles. The van der Waals surface area contributed by atoms with E-state index in [2.05, 4.69) is 27.2 Å². The Labute approximate surface area is 146 Å². The molecule has 1 saturated heterocycles. The molecule has 0 bridgehead atoms. The summed E-state index contributed by atoms with van der Waals surface area (Å²) in [6.45, 7) is 3.02. The smallest absolute Gasteiger partial charge is 0.409 e. The summed E-state index contributed by atoms with van der Waals surface area (Å²) in [6.07, 6.45) is 6.76. The Bertz CT molecular complexity index is 735. The zero-order valence-electron chi connectivity index (χ0n) is 14.6. The number of nitrogens with one attached hydrogen (secondary N) is 1. The molecule has 0 spiro atoms. The highest BCUT2D eigenvalue weighted by Gasteiger charge is 2.51. The minimum atomic E-state index is -0.976. The molecule has 2 aromatic heterocycles. The van der Waals surface area contributed by atoms with Gasteiger partial charge in [0.05, 0.1) is 12.5 Å². The molecule has 0 aliphatic carbocycles. The van der Waals surface area contributed by atoms with E-state index in [1.807, 2.05) is 4.57 Å². The molecule has 0 saturated carbocycles. The molecule has 0 radical (unpaired) electrons. The second-order valence-corrected chi connectivity index (χ2v) is 6.19. The molecule has 3 heterocycles. The number of fused-ring (bicyclic) bond motifs is 1. The number of ether oxygens (including phenoxy) is 1. The first-order valence-corrected chi connectivity index (χ1v) is 8.55. The van der Waals surface area contributed by atoms with Gasteiger partial charge in [-0.3, -0.25) is 14.8 Å². The first-order valence-electron chi connectivity index (χ1n) is 8.55. The molecule has 1 aliphatic heterocycles. The van der Waals surface area contributed by atoms with E-state index in [0.717, 1.165) is 19.3 Å². The van der Waals surface area contributed by atoms with Crippen molar-refractivity contribution in [3.63, 3.8) is 0 Å². The van der Waals surface area contributed by atoms with E-state index in [9.17, 15) is 9.90 Å². The molecular formula is C16H24N6O3. The summed E-state index contributed by atoms with van der Waals surface area (Å²) < 4.78 is 7.51. The number of piperazine rings is 1. The van der Waals surface area contributed by atoms with E-state index in [1.54, 1.807) is 19.6 Å². The van der Waals surface area contributed by atoms with E-state index in [1.165, 1.54) is 11.2 Å². The molecule has 25 heavy (non-hydrogen) atoms. The van der Waals surface area contributed by atoms with Crippen LogP contribution in [0.25, 0.3) is 11.2 Å². The zero-order valence-corrected chi connectivity index (χ0v) is 14.6. The van der Waals surface area contributed by atoms with Crippen molar-refractivity contribution in [2.45, 2.75) is 44.5 Å². The number of hydrogen-bond acceptors (Lipinski definition) is 6. The van der Waals surface area contributed by atoms with E-state index in [-0.39, 0.29) is 0 Å². The number of amides is 1. The van der Waals surface area contributed by atoms with Gasteiger partial charge in [-0.25, -0.2) is 19.7 Å². The molecule has 9 nitrogen and oxygen atoms in total. The summed E-state index contributed by atoms with van der Waals surface area (Å²) in [7, 11) is 1.59. The average Bonchev–Trinajstić information content (AvgIpc) is 3.06. The van der Waals surface area contributed by atoms with Crippen LogP contribution in [0.4, 0.5) is 4.79 Å². The van der Waals surface area contributed by atoms with Crippen molar-refractivity contribution in [3.8, 4) is 0 Å². The van der Waals surface area contributed by atoms with E-state index < -0.39 is 18.0 Å². The van der Waals surface area contributed by atoms with Crippen LogP contribution < -0.4 is 5.32 Å². The molecule has 136 valence electrons. The minimum Gasteiger partial charge on any atom is -0.465 e. The van der Waals surface area contributed by atoms with Crippen LogP contribution in [0.2, 0.25) is 0 Å². The van der Waals surface area contributed by atoms with E-state index in [4.69, 9.17) is 4.74 Å². The normalized spacial score (nSPS) is 23.9. The third kappa shape index (κ3) is 2.93. The standard InChI is InChI=1S/C16H24N6O3/c1-3-4-5-6-16(14(25-2)18-7-8-21(16)15(23)24)22-11-20-12-9-17-10-19-13(12)22/h9-11,14,18H,3-8H2,1-2H3,(H,23,24). The minimum absolute atomic E-state index is 0.367. The van der Waals surface area contributed by atoms with Crippen LogP contribution >= 0.6 is 0 Å². The second-order valence-electron chi connectivity index (χ2n) is 6.19. The van der Waals surface area contributed by atoms with Gasteiger partial charge in [-0.1, -0.05) is 19.8 Å². The summed E-state index contributed by atoms with van der Waals surface area (Å²) in [5.41, 5.74) is 0.281. The fourth-order valence-electron chi connectivity index (χ4n) is 3.67. The van der Waals surface area contributed by atoms with Crippen molar-refractivity contribution in [3.05, 3.63) is 18.9 Å². The second kappa shape index (κ2) is 7.32. The van der Waals surface area contributed by atoms with Gasteiger partial charge in [-0.15, -0.1) is 0 Å². The number of hydrogen-bond donors (Lipinski definition) is 2. The van der Waals surface area contributed by atoms with Gasteiger partial charge in [0.2, 0.25) is 0 Å². The van der Waals surface area contributed by atoms with Crippen molar-refractivity contribution in [1.29, 1.82) is 0 Å². The first-order chi connectivity index (χ1) is 12.1. The third-order valence-corrected chi connectivity index (χ3v) is 4.80. The lowest BCUT2D eigenvalue weighted by Gasteiger charge is -2.50. The summed E-state index contributed by atoms with van der Waals surface area (Å²) in [5.74, 6) is 0. The lowest BCUT2D eigenvalue weighted by Crippen LogP contribution is -2.69. The maximum absolute atomic E-state index is 12.1. The van der Waals surface area contributed by atoms with Gasteiger partial charge in [0.25, 0.3) is 0 Å². The highest BCUT2D eigenvalue weighted by molar-refractivity contribution is 5.71. The van der Waals surface area contributed by atoms with Gasteiger partial charge in [0.1, 0.15) is 11.8 Å². The highest BCUT2D eigenvalue weighted by Crippen LogP contribution is 2.36. The molecular weight excluding hydrogens is 324 g/mol. The fraction of sp³-hybridized carbons (Fsp3) is 0.625. The predicted molar refractivity (Wildman–Crippen MR) is 91.0 cm³/mol. The number of carbonyl (C=O) groups is 1. The van der Waals surface area contributed by atoms with Crippen LogP contribution in [-0.4, -0.2) is 62.0 Å². The lowest BCUT2D eigenvalue weighted by atomic mass is 9.94. The molecule has 2 atom stereocenters. The van der Waals surface area contributed by atoms with Gasteiger partial charge >= 0.3 is 6.09 Å². The van der Waals surface area contributed by atoms with Gasteiger partial charge in [-0.2, -0.15) is 0 Å². The van der Waals surface area contributed by atoms with Gasteiger partial charge in [-0.05, 0) is 12.8 Å². The fourth-order valence-corrected chi connectivity index (χ4v) is 3.67. The Kier molecular flexibility index (Phi) is 5.14. The van der Waals surface area contributed by atoms with E-state index in [0.29, 0.717) is 30.7 Å². The summed E-state index contributed by atoms with van der Waals surface area (Å²) in [4.78, 5) is 26.2. The molecule has 9 heteroatoms. The summed E-state index contributed by atoms with van der Waals surface area (Å²) in [5, 5.41) is 13.2. The maximum atomic E-state index is 12.1. The van der Waals surface area contributed by atoms with Crippen molar-refractivity contribution in [1.82, 2.24) is 29.7 Å². The number of nitrogens with zero attached hydrogens (tertiary/aromatic N) is 5.